The monoisotopic (exact) mass is 213 g/mol. The quantitative estimate of drug-likeness (QED) is 0.830. The summed E-state index contributed by atoms with van der Waals surface area (Å²) in [6.45, 7) is 1.92. The Bertz CT molecular complexity index is 497. The van der Waals surface area contributed by atoms with Gasteiger partial charge >= 0.3 is 0 Å². The lowest BCUT2D eigenvalue weighted by molar-refractivity contribution is 0.102. The van der Waals surface area contributed by atoms with Crippen LogP contribution >= 0.6 is 0 Å². The maximum absolute atomic E-state index is 11.8. The Morgan fingerprint density at radius 3 is 2.69 bits per heavy atom. The molecule has 0 bridgehead atoms. The van der Waals surface area contributed by atoms with E-state index in [0.717, 1.165) is 11.3 Å². The first-order valence-electron chi connectivity index (χ1n) is 4.89. The van der Waals surface area contributed by atoms with Gasteiger partial charge < -0.3 is 5.32 Å². The molecule has 16 heavy (non-hydrogen) atoms. The molecule has 0 atom stereocenters. The summed E-state index contributed by atoms with van der Waals surface area (Å²) in [6.07, 6.45) is 6.48. The molecule has 2 heterocycles. The van der Waals surface area contributed by atoms with Crippen molar-refractivity contribution >= 4 is 11.6 Å². The van der Waals surface area contributed by atoms with Crippen LogP contribution in [0.5, 0.6) is 0 Å². The number of aromatic nitrogens is 2. The van der Waals surface area contributed by atoms with Gasteiger partial charge in [0.2, 0.25) is 0 Å². The van der Waals surface area contributed by atoms with E-state index in [1.807, 2.05) is 13.0 Å². The van der Waals surface area contributed by atoms with Crippen molar-refractivity contribution in [1.29, 1.82) is 0 Å². The molecule has 2 rings (SSSR count). The predicted molar refractivity (Wildman–Crippen MR) is 61.2 cm³/mol. The molecule has 0 spiro atoms. The van der Waals surface area contributed by atoms with Crippen LogP contribution in [-0.2, 0) is 0 Å². The third-order valence-electron chi connectivity index (χ3n) is 2.21. The Labute approximate surface area is 93.4 Å². The molecule has 0 unspecified atom stereocenters. The van der Waals surface area contributed by atoms with Gasteiger partial charge in [0.15, 0.2) is 0 Å². The second-order valence-electron chi connectivity index (χ2n) is 3.39. The highest BCUT2D eigenvalue weighted by molar-refractivity contribution is 6.04. The van der Waals surface area contributed by atoms with Crippen molar-refractivity contribution in [2.45, 2.75) is 6.92 Å². The number of aryl methyl sites for hydroxylation is 1. The Hall–Kier alpha value is -2.23. The van der Waals surface area contributed by atoms with Crippen molar-refractivity contribution in [1.82, 2.24) is 9.97 Å². The molecule has 0 aromatic carbocycles. The van der Waals surface area contributed by atoms with Crippen LogP contribution in [0.25, 0.3) is 0 Å². The third-order valence-corrected chi connectivity index (χ3v) is 2.21. The highest BCUT2D eigenvalue weighted by atomic mass is 16.1. The molecule has 4 nitrogen and oxygen atoms in total. The Kier molecular flexibility index (Phi) is 2.91. The molecule has 2 aromatic rings. The third kappa shape index (κ3) is 2.23. The van der Waals surface area contributed by atoms with E-state index in [-0.39, 0.29) is 5.91 Å². The number of nitrogens with zero attached hydrogens (tertiary/aromatic N) is 2. The molecule has 80 valence electrons. The van der Waals surface area contributed by atoms with Gasteiger partial charge in [-0.2, -0.15) is 0 Å². The molecule has 0 aliphatic carbocycles. The van der Waals surface area contributed by atoms with Gasteiger partial charge in [-0.15, -0.1) is 0 Å². The molecule has 2 aromatic heterocycles. The number of pyridine rings is 2. The number of hydrogen-bond donors (Lipinski definition) is 1. The second-order valence-corrected chi connectivity index (χ2v) is 3.39. The van der Waals surface area contributed by atoms with E-state index in [2.05, 4.69) is 15.3 Å². The van der Waals surface area contributed by atoms with E-state index >= 15 is 0 Å². The van der Waals surface area contributed by atoms with Gasteiger partial charge in [-0.1, -0.05) is 0 Å². The molecule has 0 saturated heterocycles. The number of hydrogen-bond acceptors (Lipinski definition) is 3. The van der Waals surface area contributed by atoms with Crippen LogP contribution in [0.4, 0.5) is 5.69 Å². The highest BCUT2D eigenvalue weighted by Crippen LogP contribution is 2.12. The van der Waals surface area contributed by atoms with Gasteiger partial charge in [0.25, 0.3) is 5.91 Å². The van der Waals surface area contributed by atoms with Gasteiger partial charge in [0.1, 0.15) is 0 Å². The largest absolute Gasteiger partial charge is 0.320 e. The fraction of sp³-hybridized carbons (Fsp3) is 0.0833. The molecule has 0 aliphatic rings. The zero-order valence-electron chi connectivity index (χ0n) is 8.84. The van der Waals surface area contributed by atoms with Crippen LogP contribution in [0.15, 0.2) is 43.0 Å². The van der Waals surface area contributed by atoms with Gasteiger partial charge in [-0.05, 0) is 30.7 Å². The van der Waals surface area contributed by atoms with Crippen LogP contribution in [0, 0.1) is 6.92 Å². The van der Waals surface area contributed by atoms with Crippen LogP contribution in [0.1, 0.15) is 15.9 Å². The molecule has 4 heteroatoms. The van der Waals surface area contributed by atoms with E-state index in [9.17, 15) is 4.79 Å². The number of carbonyl (C=O) groups excluding carboxylic acids is 1. The van der Waals surface area contributed by atoms with Gasteiger partial charge in [0.05, 0.1) is 17.4 Å². The Morgan fingerprint density at radius 1 is 1.19 bits per heavy atom. The summed E-state index contributed by atoms with van der Waals surface area (Å²) in [5.41, 5.74) is 2.23. The van der Waals surface area contributed by atoms with Crippen LogP contribution in [0.3, 0.4) is 0 Å². The lowest BCUT2D eigenvalue weighted by Crippen LogP contribution is -2.12. The number of carbonyl (C=O) groups is 1. The van der Waals surface area contributed by atoms with Crippen molar-refractivity contribution in [2.75, 3.05) is 5.32 Å². The first-order valence-corrected chi connectivity index (χ1v) is 4.89. The summed E-state index contributed by atoms with van der Waals surface area (Å²) in [6, 6.07) is 5.29. The minimum absolute atomic E-state index is 0.177. The smallest absolute Gasteiger partial charge is 0.257 e. The summed E-state index contributed by atoms with van der Waals surface area (Å²) >= 11 is 0. The number of nitrogens with one attached hydrogen (secondary N) is 1. The SMILES string of the molecule is Cc1ccncc1NC(=O)c1cccnc1. The summed E-state index contributed by atoms with van der Waals surface area (Å²) in [4.78, 5) is 19.6. The summed E-state index contributed by atoms with van der Waals surface area (Å²) in [5.74, 6) is -0.177. The first kappa shape index (κ1) is 10.3. The molecule has 1 amide bonds. The van der Waals surface area contributed by atoms with Crippen LogP contribution < -0.4 is 5.32 Å². The molecular weight excluding hydrogens is 202 g/mol. The normalized spacial score (nSPS) is 9.81. The van der Waals surface area contributed by atoms with E-state index in [0.29, 0.717) is 5.56 Å². The van der Waals surface area contributed by atoms with Crippen molar-refractivity contribution < 1.29 is 4.79 Å². The standard InChI is InChI=1S/C12H11N3O/c1-9-4-6-14-8-11(9)15-12(16)10-3-2-5-13-7-10/h2-8H,1H3,(H,15,16). The van der Waals surface area contributed by atoms with Crippen LogP contribution in [0.2, 0.25) is 0 Å². The van der Waals surface area contributed by atoms with Gasteiger partial charge in [-0.3, -0.25) is 14.8 Å². The fourth-order valence-electron chi connectivity index (χ4n) is 1.29. The van der Waals surface area contributed by atoms with Crippen LogP contribution in [-0.4, -0.2) is 15.9 Å². The van der Waals surface area contributed by atoms with Gasteiger partial charge in [0, 0.05) is 18.6 Å². The lowest BCUT2D eigenvalue weighted by Gasteiger charge is -2.06. The molecule has 0 aliphatic heterocycles. The topological polar surface area (TPSA) is 54.9 Å². The molecule has 0 fully saturated rings. The lowest BCUT2D eigenvalue weighted by atomic mass is 10.2. The molecule has 0 radical (unpaired) electrons. The number of rotatable bonds is 2. The molecule has 0 saturated carbocycles. The minimum Gasteiger partial charge on any atom is -0.320 e. The highest BCUT2D eigenvalue weighted by Gasteiger charge is 2.06. The van der Waals surface area contributed by atoms with Crippen molar-refractivity contribution in [3.8, 4) is 0 Å². The summed E-state index contributed by atoms with van der Waals surface area (Å²) in [5, 5.41) is 2.79. The minimum atomic E-state index is -0.177. The Balaban J connectivity index is 2.18. The second kappa shape index (κ2) is 4.53. The average Bonchev–Trinajstić information content (AvgIpc) is 2.33. The average molecular weight is 213 g/mol. The number of anilines is 1. The zero-order valence-corrected chi connectivity index (χ0v) is 8.84. The summed E-state index contributed by atoms with van der Waals surface area (Å²) in [7, 11) is 0. The number of amides is 1. The van der Waals surface area contributed by atoms with E-state index < -0.39 is 0 Å². The van der Waals surface area contributed by atoms with Gasteiger partial charge in [-0.25, -0.2) is 0 Å². The van der Waals surface area contributed by atoms with E-state index in [1.54, 1.807) is 30.7 Å². The first-order chi connectivity index (χ1) is 7.77. The fourth-order valence-corrected chi connectivity index (χ4v) is 1.29. The van der Waals surface area contributed by atoms with Crippen molar-refractivity contribution in [3.63, 3.8) is 0 Å². The maximum Gasteiger partial charge on any atom is 0.257 e. The van der Waals surface area contributed by atoms with E-state index in [1.165, 1.54) is 6.20 Å². The Morgan fingerprint density at radius 2 is 2.00 bits per heavy atom. The molecular formula is C12H11N3O. The predicted octanol–water partition coefficient (Wildman–Crippen LogP) is 2.04. The van der Waals surface area contributed by atoms with Crippen molar-refractivity contribution in [3.05, 3.63) is 54.1 Å². The van der Waals surface area contributed by atoms with E-state index in [4.69, 9.17) is 0 Å². The van der Waals surface area contributed by atoms with Crippen molar-refractivity contribution in [2.24, 2.45) is 0 Å². The maximum atomic E-state index is 11.8. The molecule has 1 N–H and O–H groups in total. The zero-order chi connectivity index (χ0) is 11.4. The summed E-state index contributed by atoms with van der Waals surface area (Å²) < 4.78 is 0.